The lowest BCUT2D eigenvalue weighted by Crippen LogP contribution is -2.53. The van der Waals surface area contributed by atoms with Crippen molar-refractivity contribution in [1.82, 2.24) is 9.55 Å². The standard InChI is InChI=1S/C11H19N3O10P2S/c1-21-7-8(24-25(17)27)11(4-12,5-22-26(18,19)20)23-9(7)14-3-2-6(15)13-10(14)16/h2-3,7-9,25H,4-5,12H2,1H3,(H,17,27)(H,13,15,16)(H2,18,19,20)/t7?,8?,9-,11-/m1/s1. The van der Waals surface area contributed by atoms with Gasteiger partial charge in [-0.05, 0) is 0 Å². The van der Waals surface area contributed by atoms with Gasteiger partial charge < -0.3 is 29.5 Å². The maximum atomic E-state index is 12.1. The predicted molar refractivity (Wildman–Crippen MR) is 94.9 cm³/mol. The maximum Gasteiger partial charge on any atom is 0.469 e. The van der Waals surface area contributed by atoms with Crippen LogP contribution in [0.1, 0.15) is 6.23 Å². The largest absolute Gasteiger partial charge is 0.469 e. The van der Waals surface area contributed by atoms with Crippen LogP contribution in [0.2, 0.25) is 0 Å². The zero-order chi connectivity index (χ0) is 20.4. The molecule has 1 fully saturated rings. The van der Waals surface area contributed by atoms with Crippen molar-refractivity contribution in [1.29, 1.82) is 0 Å². The Morgan fingerprint density at radius 2 is 2.19 bits per heavy atom. The maximum absolute atomic E-state index is 12.1. The van der Waals surface area contributed by atoms with Gasteiger partial charge in [0.2, 0.25) is 7.23 Å². The van der Waals surface area contributed by atoms with Gasteiger partial charge in [0.05, 0.1) is 6.61 Å². The van der Waals surface area contributed by atoms with Crippen molar-refractivity contribution < 1.29 is 37.4 Å². The van der Waals surface area contributed by atoms with E-state index < -0.39 is 63.5 Å². The molecule has 0 amide bonds. The first-order valence-corrected chi connectivity index (χ1v) is 11.5. The van der Waals surface area contributed by atoms with Crippen LogP contribution in [0, 0.1) is 0 Å². The van der Waals surface area contributed by atoms with Crippen LogP contribution in [0.3, 0.4) is 0 Å². The molecule has 2 heterocycles. The first-order valence-electron chi connectivity index (χ1n) is 7.35. The lowest BCUT2D eigenvalue weighted by molar-refractivity contribution is -0.117. The normalized spacial score (nSPS) is 29.7. The van der Waals surface area contributed by atoms with E-state index in [4.69, 9.17) is 29.5 Å². The number of aromatic amines is 1. The summed E-state index contributed by atoms with van der Waals surface area (Å²) in [7, 11) is -6.54. The average molecular weight is 447 g/mol. The highest BCUT2D eigenvalue weighted by molar-refractivity contribution is 8.39. The Kier molecular flexibility index (Phi) is 7.25. The summed E-state index contributed by atoms with van der Waals surface area (Å²) in [4.78, 5) is 43.4. The number of hydrogen-bond acceptors (Lipinski definition) is 9. The van der Waals surface area contributed by atoms with E-state index in [9.17, 15) is 18.7 Å². The number of nitrogens with one attached hydrogen (secondary N) is 1. The molecule has 3 unspecified atom stereocenters. The van der Waals surface area contributed by atoms with Gasteiger partial charge in [-0.25, -0.2) is 9.36 Å². The number of phosphoric acid groups is 1. The highest BCUT2D eigenvalue weighted by Crippen LogP contribution is 2.47. The second-order valence-electron chi connectivity index (χ2n) is 5.56. The number of phosphoric ester groups is 1. The molecule has 0 aromatic carbocycles. The van der Waals surface area contributed by atoms with Crippen molar-refractivity contribution in [2.24, 2.45) is 5.73 Å². The minimum absolute atomic E-state index is 0.394. The number of hydrogen-bond donors (Lipinski definition) is 5. The number of thiol groups is 1. The van der Waals surface area contributed by atoms with E-state index in [1.807, 2.05) is 4.98 Å². The molecule has 0 radical (unpaired) electrons. The van der Waals surface area contributed by atoms with Gasteiger partial charge in [0.15, 0.2) is 6.23 Å². The van der Waals surface area contributed by atoms with Crippen molar-refractivity contribution in [2.75, 3.05) is 20.3 Å². The molecule has 1 saturated heterocycles. The van der Waals surface area contributed by atoms with Crippen LogP contribution in [0.25, 0.3) is 0 Å². The van der Waals surface area contributed by atoms with Crippen LogP contribution >= 0.6 is 27.3 Å². The van der Waals surface area contributed by atoms with Crippen molar-refractivity contribution in [2.45, 2.75) is 24.0 Å². The summed E-state index contributed by atoms with van der Waals surface area (Å²) in [5.41, 5.74) is 2.51. The van der Waals surface area contributed by atoms with E-state index in [0.29, 0.717) is 0 Å². The molecule has 5 N–H and O–H groups in total. The molecule has 1 aromatic rings. The fraction of sp³-hybridized carbons (Fsp3) is 0.636. The van der Waals surface area contributed by atoms with E-state index in [1.54, 1.807) is 0 Å². The van der Waals surface area contributed by atoms with Gasteiger partial charge in [0.25, 0.3) is 5.56 Å². The summed E-state index contributed by atoms with van der Waals surface area (Å²) in [6, 6.07) is 1.06. The Bertz CT molecular complexity index is 855. The lowest BCUT2D eigenvalue weighted by atomic mass is 9.96. The molecular weight excluding hydrogens is 428 g/mol. The molecule has 5 atom stereocenters. The molecule has 0 saturated carbocycles. The van der Waals surface area contributed by atoms with Crippen molar-refractivity contribution in [3.05, 3.63) is 33.1 Å². The molecule has 27 heavy (non-hydrogen) atoms. The van der Waals surface area contributed by atoms with Gasteiger partial charge in [-0.2, -0.15) is 0 Å². The van der Waals surface area contributed by atoms with Gasteiger partial charge in [-0.15, -0.1) is 0 Å². The predicted octanol–water partition coefficient (Wildman–Crippen LogP) is -1.41. The molecule has 1 aliphatic rings. The number of nitrogens with two attached hydrogens (primary N) is 1. The van der Waals surface area contributed by atoms with Crippen LogP contribution in [-0.4, -0.2) is 57.4 Å². The number of aromatic nitrogens is 2. The zero-order valence-electron chi connectivity index (χ0n) is 13.9. The van der Waals surface area contributed by atoms with E-state index in [2.05, 4.69) is 16.8 Å². The minimum Gasteiger partial charge on any atom is -0.374 e. The topological polar surface area (TPSA) is 192 Å². The average Bonchev–Trinajstić information content (AvgIpc) is 2.85. The zero-order valence-corrected chi connectivity index (χ0v) is 16.7. The third-order valence-electron chi connectivity index (χ3n) is 3.90. The van der Waals surface area contributed by atoms with Gasteiger partial charge in [0, 0.05) is 25.9 Å². The van der Waals surface area contributed by atoms with Crippen LogP contribution < -0.4 is 17.0 Å². The Morgan fingerprint density at radius 1 is 1.52 bits per heavy atom. The lowest BCUT2D eigenvalue weighted by Gasteiger charge is -2.32. The number of nitrogens with zero attached hydrogens (tertiary/aromatic N) is 1. The fourth-order valence-electron chi connectivity index (χ4n) is 2.72. The smallest absolute Gasteiger partial charge is 0.374 e. The molecule has 154 valence electrons. The van der Waals surface area contributed by atoms with Crippen LogP contribution in [0.15, 0.2) is 21.9 Å². The molecule has 2 rings (SSSR count). The SMILES string of the molecule is COC1C(O[PH](=O)S)[C@@](CN)(COP(=O)(O)O)O[C@H]1n1ccc(=O)[nH]c1=O. The van der Waals surface area contributed by atoms with Crippen LogP contribution in [0.4, 0.5) is 0 Å². The van der Waals surface area contributed by atoms with E-state index in [-0.39, 0.29) is 0 Å². The first-order chi connectivity index (χ1) is 12.5. The molecule has 0 spiro atoms. The molecule has 1 aliphatic heterocycles. The van der Waals surface area contributed by atoms with E-state index in [1.165, 1.54) is 7.11 Å². The molecule has 13 nitrogen and oxygen atoms in total. The number of rotatable bonds is 8. The quantitative estimate of drug-likeness (QED) is 0.232. The number of ether oxygens (including phenoxy) is 2. The summed E-state index contributed by atoms with van der Waals surface area (Å²) in [5, 5.41) is 0. The summed E-state index contributed by atoms with van der Waals surface area (Å²) in [6.45, 7) is -1.15. The number of methoxy groups -OCH3 is 1. The van der Waals surface area contributed by atoms with Crippen molar-refractivity contribution in [3.63, 3.8) is 0 Å². The summed E-state index contributed by atoms with van der Waals surface area (Å²) >= 11 is 3.71. The first kappa shape index (κ1) is 22.5. The molecular formula is C11H19N3O10P2S. The van der Waals surface area contributed by atoms with E-state index >= 15 is 0 Å². The summed E-state index contributed by atoms with van der Waals surface area (Å²) < 4.78 is 44.5. The molecule has 16 heteroatoms. The van der Waals surface area contributed by atoms with Gasteiger partial charge in [-0.1, -0.05) is 12.2 Å². The Morgan fingerprint density at radius 3 is 2.67 bits per heavy atom. The highest BCUT2D eigenvalue weighted by atomic mass is 32.7. The van der Waals surface area contributed by atoms with Gasteiger partial charge in [0.1, 0.15) is 17.8 Å². The summed E-state index contributed by atoms with van der Waals surface area (Å²) in [5.74, 6) is 0. The van der Waals surface area contributed by atoms with Gasteiger partial charge >= 0.3 is 13.5 Å². The monoisotopic (exact) mass is 447 g/mol. The molecule has 0 aliphatic carbocycles. The van der Waals surface area contributed by atoms with Crippen LogP contribution in [-0.2, 0) is 27.7 Å². The van der Waals surface area contributed by atoms with Crippen LogP contribution in [0.5, 0.6) is 0 Å². The second kappa shape index (κ2) is 8.70. The molecule has 0 bridgehead atoms. The minimum atomic E-state index is -4.91. The van der Waals surface area contributed by atoms with Crippen molar-refractivity contribution >= 4 is 27.3 Å². The number of H-pyrrole nitrogens is 1. The third kappa shape index (κ3) is 5.18. The fourth-order valence-corrected chi connectivity index (χ4v) is 4.02. The molecule has 1 aromatic heterocycles. The Labute approximate surface area is 158 Å². The Balaban J connectivity index is 2.51. The summed E-state index contributed by atoms with van der Waals surface area (Å²) in [6.07, 6.45) is -2.46. The van der Waals surface area contributed by atoms with E-state index in [0.717, 1.165) is 16.8 Å². The third-order valence-corrected chi connectivity index (χ3v) is 5.14. The second-order valence-corrected chi connectivity index (χ2v) is 8.67. The highest BCUT2D eigenvalue weighted by Gasteiger charge is 2.58. The van der Waals surface area contributed by atoms with Crippen molar-refractivity contribution in [3.8, 4) is 0 Å². The Hall–Kier alpha value is -0.790. The van der Waals surface area contributed by atoms with Gasteiger partial charge in [-0.3, -0.25) is 23.4 Å².